The summed E-state index contributed by atoms with van der Waals surface area (Å²) in [6, 6.07) is 2.75. The Bertz CT molecular complexity index is 843. The van der Waals surface area contributed by atoms with Crippen LogP contribution in [0.2, 0.25) is 0 Å². The third kappa shape index (κ3) is 2.77. The van der Waals surface area contributed by atoms with Gasteiger partial charge < -0.3 is 10.5 Å². The first-order valence-corrected chi connectivity index (χ1v) is 7.76. The first-order chi connectivity index (χ1) is 11.8. The van der Waals surface area contributed by atoms with Crippen molar-refractivity contribution in [3.05, 3.63) is 40.2 Å². The van der Waals surface area contributed by atoms with E-state index in [-0.39, 0.29) is 41.5 Å². The molecule has 9 heteroatoms. The quantitative estimate of drug-likeness (QED) is 0.883. The van der Waals surface area contributed by atoms with Crippen LogP contribution in [0.15, 0.2) is 28.9 Å². The number of ketones is 1. The van der Waals surface area contributed by atoms with E-state index in [9.17, 15) is 23.2 Å². The van der Waals surface area contributed by atoms with E-state index in [0.717, 1.165) is 10.7 Å². The number of ether oxygens (including phenoxy) is 1. The second-order valence-electron chi connectivity index (χ2n) is 5.81. The summed E-state index contributed by atoms with van der Waals surface area (Å²) < 4.78 is 45.8. The summed E-state index contributed by atoms with van der Waals surface area (Å²) in [5, 5.41) is 13.0. The molecule has 1 aliphatic carbocycles. The molecule has 25 heavy (non-hydrogen) atoms. The van der Waals surface area contributed by atoms with E-state index < -0.39 is 17.8 Å². The number of aromatic nitrogens is 2. The number of nitrogens with two attached hydrogens (primary N) is 1. The number of hydrogen-bond donors (Lipinski definition) is 1. The Labute approximate surface area is 141 Å². The highest BCUT2D eigenvalue weighted by Crippen LogP contribution is 2.44. The van der Waals surface area contributed by atoms with Crippen molar-refractivity contribution in [2.24, 2.45) is 5.73 Å². The number of allylic oxidation sites excluding steroid dienone is 3. The minimum atomic E-state index is -4.63. The summed E-state index contributed by atoms with van der Waals surface area (Å²) in [5.74, 6) is -1.09. The van der Waals surface area contributed by atoms with Crippen LogP contribution in [0.1, 0.15) is 43.5 Å². The van der Waals surface area contributed by atoms with Crippen molar-refractivity contribution in [1.82, 2.24) is 9.78 Å². The lowest BCUT2D eigenvalue weighted by molar-refractivity contribution is -0.141. The van der Waals surface area contributed by atoms with Gasteiger partial charge in [0.25, 0.3) is 0 Å². The Hall–Kier alpha value is -2.76. The molecule has 2 heterocycles. The normalized spacial score (nSPS) is 21.1. The van der Waals surface area contributed by atoms with Gasteiger partial charge in [-0.15, -0.1) is 0 Å². The zero-order valence-electron chi connectivity index (χ0n) is 13.4. The van der Waals surface area contributed by atoms with Gasteiger partial charge in [0.1, 0.15) is 17.4 Å². The minimum Gasteiger partial charge on any atom is -0.444 e. The summed E-state index contributed by atoms with van der Waals surface area (Å²) in [6.07, 6.45) is -3.36. The summed E-state index contributed by atoms with van der Waals surface area (Å²) in [7, 11) is 0. The lowest BCUT2D eigenvalue weighted by Gasteiger charge is -2.30. The smallest absolute Gasteiger partial charge is 0.435 e. The summed E-state index contributed by atoms with van der Waals surface area (Å²) in [4.78, 5) is 12.4. The van der Waals surface area contributed by atoms with E-state index in [2.05, 4.69) is 5.10 Å². The van der Waals surface area contributed by atoms with Crippen molar-refractivity contribution in [1.29, 1.82) is 5.26 Å². The molecule has 2 N–H and O–H groups in total. The second kappa shape index (κ2) is 5.95. The summed E-state index contributed by atoms with van der Waals surface area (Å²) in [6.45, 7) is 1.78. The maximum atomic E-state index is 13.1. The number of nitriles is 1. The molecule has 132 valence electrons. The monoisotopic (exact) mass is 352 g/mol. The molecular weight excluding hydrogens is 337 g/mol. The highest BCUT2D eigenvalue weighted by molar-refractivity contribution is 5.99. The molecule has 6 nitrogen and oxygen atoms in total. The third-order valence-corrected chi connectivity index (χ3v) is 4.30. The van der Waals surface area contributed by atoms with Crippen molar-refractivity contribution < 1.29 is 22.7 Å². The van der Waals surface area contributed by atoms with Gasteiger partial charge in [-0.25, -0.2) is 0 Å². The fourth-order valence-electron chi connectivity index (χ4n) is 3.21. The fourth-order valence-corrected chi connectivity index (χ4v) is 3.21. The van der Waals surface area contributed by atoms with Gasteiger partial charge in [0.15, 0.2) is 11.5 Å². The molecule has 0 bridgehead atoms. The highest BCUT2D eigenvalue weighted by atomic mass is 19.4. The van der Waals surface area contributed by atoms with Crippen molar-refractivity contribution in [3.8, 4) is 6.07 Å². The molecule has 1 aromatic rings. The molecule has 1 atom stereocenters. The zero-order chi connectivity index (χ0) is 18.4. The van der Waals surface area contributed by atoms with Gasteiger partial charge in [-0.1, -0.05) is 0 Å². The Morgan fingerprint density at radius 1 is 1.48 bits per heavy atom. The third-order valence-electron chi connectivity index (χ3n) is 4.30. The van der Waals surface area contributed by atoms with Gasteiger partial charge in [0, 0.05) is 25.0 Å². The Balaban J connectivity index is 2.23. The molecule has 1 aromatic heterocycles. The van der Waals surface area contributed by atoms with Crippen molar-refractivity contribution in [3.63, 3.8) is 0 Å². The molecule has 0 saturated carbocycles. The largest absolute Gasteiger partial charge is 0.444 e. The van der Waals surface area contributed by atoms with E-state index in [0.29, 0.717) is 18.6 Å². The predicted octanol–water partition coefficient (Wildman–Crippen LogP) is 2.74. The topological polar surface area (TPSA) is 93.9 Å². The maximum Gasteiger partial charge on any atom is 0.435 e. The summed E-state index contributed by atoms with van der Waals surface area (Å²) in [5.41, 5.74) is 4.97. The minimum absolute atomic E-state index is 0.0719. The van der Waals surface area contributed by atoms with Crippen LogP contribution in [0.3, 0.4) is 0 Å². The van der Waals surface area contributed by atoms with Gasteiger partial charge in [0.2, 0.25) is 5.88 Å². The number of halogens is 3. The van der Waals surface area contributed by atoms with Crippen LogP contribution < -0.4 is 5.73 Å². The van der Waals surface area contributed by atoms with Crippen LogP contribution in [0.4, 0.5) is 13.2 Å². The van der Waals surface area contributed by atoms with E-state index >= 15 is 0 Å². The molecule has 0 unspecified atom stereocenters. The number of nitrogens with zero attached hydrogens (tertiary/aromatic N) is 3. The molecule has 0 amide bonds. The number of alkyl halides is 3. The molecule has 3 rings (SSSR count). The first kappa shape index (κ1) is 17.1. The molecular formula is C16H15F3N4O2. The van der Waals surface area contributed by atoms with Gasteiger partial charge in [-0.3, -0.25) is 9.48 Å². The molecule has 0 aromatic carbocycles. The van der Waals surface area contributed by atoms with Crippen molar-refractivity contribution in [2.45, 2.75) is 44.8 Å². The van der Waals surface area contributed by atoms with Crippen LogP contribution in [0.5, 0.6) is 0 Å². The van der Waals surface area contributed by atoms with Crippen LogP contribution >= 0.6 is 0 Å². The average molecular weight is 352 g/mol. The molecule has 0 spiro atoms. The summed E-state index contributed by atoms with van der Waals surface area (Å²) >= 11 is 0. The van der Waals surface area contributed by atoms with Gasteiger partial charge >= 0.3 is 6.18 Å². The number of Topliss-reactive ketones (excluding diaryl/α,β-unsaturated/α-hetero) is 1. The second-order valence-corrected chi connectivity index (χ2v) is 5.81. The van der Waals surface area contributed by atoms with Gasteiger partial charge in [-0.2, -0.15) is 23.5 Å². The van der Waals surface area contributed by atoms with Crippen LogP contribution in [0, 0.1) is 11.3 Å². The van der Waals surface area contributed by atoms with Gasteiger partial charge in [0.05, 0.1) is 11.6 Å². The molecule has 0 fully saturated rings. The van der Waals surface area contributed by atoms with Crippen molar-refractivity contribution >= 4 is 5.78 Å². The number of carbonyl (C=O) groups is 1. The number of rotatable bonds is 2. The molecule has 0 radical (unpaired) electrons. The first-order valence-electron chi connectivity index (χ1n) is 7.76. The van der Waals surface area contributed by atoms with Crippen LogP contribution in [-0.2, 0) is 22.3 Å². The van der Waals surface area contributed by atoms with Crippen molar-refractivity contribution in [2.75, 3.05) is 0 Å². The van der Waals surface area contributed by atoms with E-state index in [1.165, 1.54) is 0 Å². The van der Waals surface area contributed by atoms with E-state index in [1.807, 2.05) is 6.07 Å². The lowest BCUT2D eigenvalue weighted by Crippen LogP contribution is -2.28. The number of aryl methyl sites for hydroxylation is 1. The average Bonchev–Trinajstić information content (AvgIpc) is 2.98. The van der Waals surface area contributed by atoms with E-state index in [1.54, 1.807) is 6.92 Å². The number of hydrogen-bond acceptors (Lipinski definition) is 5. The molecule has 0 saturated heterocycles. The Kier molecular flexibility index (Phi) is 4.06. The molecule has 1 aliphatic heterocycles. The Morgan fingerprint density at radius 3 is 2.80 bits per heavy atom. The van der Waals surface area contributed by atoms with Crippen LogP contribution in [0.25, 0.3) is 0 Å². The fraction of sp³-hybridized carbons (Fsp3) is 0.438. The maximum absolute atomic E-state index is 13.1. The predicted molar refractivity (Wildman–Crippen MR) is 79.4 cm³/mol. The zero-order valence-corrected chi connectivity index (χ0v) is 13.4. The number of carbonyl (C=O) groups excluding carboxylic acids is 1. The Morgan fingerprint density at radius 2 is 2.20 bits per heavy atom. The van der Waals surface area contributed by atoms with E-state index in [4.69, 9.17) is 10.5 Å². The lowest BCUT2D eigenvalue weighted by atomic mass is 9.79. The van der Waals surface area contributed by atoms with Gasteiger partial charge in [-0.05, 0) is 19.4 Å². The standard InChI is InChI=1S/C16H15F3N4O2/c1-2-23-9(6-12(22-23)16(17,18)19)13-8(7-20)15(21)25-11-5-3-4-10(24)14(11)13/h6,13H,2-5,21H2,1H3/t13-/m0/s1. The molecule has 2 aliphatic rings. The SMILES string of the molecule is CCn1nc(C(F)(F)F)cc1[C@@H]1C(C#N)=C(N)OC2=C1C(=O)CCC2. The highest BCUT2D eigenvalue weighted by Gasteiger charge is 2.42. The van der Waals surface area contributed by atoms with Crippen LogP contribution in [-0.4, -0.2) is 15.6 Å².